The summed E-state index contributed by atoms with van der Waals surface area (Å²) < 4.78 is 15.0. The molecule has 0 spiro atoms. The zero-order valence-electron chi connectivity index (χ0n) is 10.7. The Hall–Kier alpha value is -1.75. The van der Waals surface area contributed by atoms with Crippen LogP contribution in [0.4, 0.5) is 4.39 Å². The van der Waals surface area contributed by atoms with E-state index in [9.17, 15) is 4.39 Å². The molecular weight excluding hydrogens is 231 g/mol. The summed E-state index contributed by atoms with van der Waals surface area (Å²) >= 11 is 0. The number of nitrogens with one attached hydrogen (secondary N) is 1. The smallest absolute Gasteiger partial charge is 0.126 e. The molecule has 0 saturated carbocycles. The lowest BCUT2D eigenvalue weighted by Gasteiger charge is -2.08. The highest BCUT2D eigenvalue weighted by Gasteiger charge is 2.07. The molecule has 5 heteroatoms. The van der Waals surface area contributed by atoms with Gasteiger partial charge in [-0.3, -0.25) is 0 Å². The molecule has 1 aromatic heterocycles. The summed E-state index contributed by atoms with van der Waals surface area (Å²) in [4.78, 5) is 0. The fourth-order valence-electron chi connectivity index (χ4n) is 1.75. The quantitative estimate of drug-likeness (QED) is 0.825. The van der Waals surface area contributed by atoms with Gasteiger partial charge in [0.2, 0.25) is 0 Å². The predicted molar refractivity (Wildman–Crippen MR) is 68.1 cm³/mol. The Morgan fingerprint density at radius 1 is 1.39 bits per heavy atom. The van der Waals surface area contributed by atoms with Crippen molar-refractivity contribution in [1.82, 2.24) is 20.3 Å². The normalized spacial score (nSPS) is 10.8. The van der Waals surface area contributed by atoms with Crippen LogP contribution < -0.4 is 5.32 Å². The van der Waals surface area contributed by atoms with E-state index in [4.69, 9.17) is 0 Å². The van der Waals surface area contributed by atoms with Gasteiger partial charge < -0.3 is 5.32 Å². The molecule has 1 heterocycles. The molecule has 0 aliphatic carbocycles. The first-order valence-electron chi connectivity index (χ1n) is 6.09. The van der Waals surface area contributed by atoms with Crippen LogP contribution in [0, 0.1) is 12.7 Å². The molecule has 18 heavy (non-hydrogen) atoms. The van der Waals surface area contributed by atoms with E-state index in [0.29, 0.717) is 12.1 Å². The summed E-state index contributed by atoms with van der Waals surface area (Å²) in [5.41, 5.74) is 2.41. The first-order valence-corrected chi connectivity index (χ1v) is 6.09. The van der Waals surface area contributed by atoms with Gasteiger partial charge in [-0.2, -0.15) is 0 Å². The van der Waals surface area contributed by atoms with E-state index < -0.39 is 0 Å². The highest BCUT2D eigenvalue weighted by Crippen LogP contribution is 2.14. The molecule has 2 rings (SSSR count). The largest absolute Gasteiger partial charge is 0.311 e. The lowest BCUT2D eigenvalue weighted by atomic mass is 10.2. The minimum atomic E-state index is -0.204. The Labute approximate surface area is 106 Å². The molecule has 0 bridgehead atoms. The summed E-state index contributed by atoms with van der Waals surface area (Å²) in [5.74, 6) is -0.204. The van der Waals surface area contributed by atoms with Crippen LogP contribution in [0.25, 0.3) is 5.69 Å². The highest BCUT2D eigenvalue weighted by molar-refractivity contribution is 5.36. The zero-order chi connectivity index (χ0) is 13.0. The molecule has 1 aromatic carbocycles. The molecule has 0 saturated heterocycles. The summed E-state index contributed by atoms with van der Waals surface area (Å²) in [6.07, 6.45) is 2.80. The lowest BCUT2D eigenvalue weighted by Crippen LogP contribution is -2.16. The van der Waals surface area contributed by atoms with E-state index >= 15 is 0 Å². The van der Waals surface area contributed by atoms with Crippen molar-refractivity contribution >= 4 is 0 Å². The Morgan fingerprint density at radius 3 is 2.94 bits per heavy atom. The summed E-state index contributed by atoms with van der Waals surface area (Å²) in [6.45, 7) is 5.52. The van der Waals surface area contributed by atoms with Gasteiger partial charge in [-0.1, -0.05) is 12.1 Å². The van der Waals surface area contributed by atoms with Crippen molar-refractivity contribution in [3.63, 3.8) is 0 Å². The van der Waals surface area contributed by atoms with E-state index in [-0.39, 0.29) is 5.82 Å². The number of aromatic nitrogens is 3. The second kappa shape index (κ2) is 5.73. The molecular formula is C13H17FN4. The van der Waals surface area contributed by atoms with Gasteiger partial charge in [0, 0.05) is 6.54 Å². The van der Waals surface area contributed by atoms with E-state index in [1.165, 1.54) is 6.07 Å². The molecule has 0 aliphatic rings. The van der Waals surface area contributed by atoms with Crippen LogP contribution in [0.1, 0.15) is 24.6 Å². The molecule has 2 aromatic rings. The predicted octanol–water partition coefficient (Wildman–Crippen LogP) is 2.21. The maximum atomic E-state index is 13.2. The maximum absolute atomic E-state index is 13.2. The second-order valence-corrected chi connectivity index (χ2v) is 4.25. The molecule has 0 unspecified atom stereocenters. The summed E-state index contributed by atoms with van der Waals surface area (Å²) in [5, 5.41) is 11.2. The second-order valence-electron chi connectivity index (χ2n) is 4.25. The Balaban J connectivity index is 2.22. The van der Waals surface area contributed by atoms with E-state index in [0.717, 1.165) is 24.3 Å². The first-order chi connectivity index (χ1) is 8.72. The zero-order valence-corrected chi connectivity index (χ0v) is 10.7. The third-order valence-corrected chi connectivity index (χ3v) is 2.74. The van der Waals surface area contributed by atoms with Crippen molar-refractivity contribution in [2.75, 3.05) is 6.54 Å². The van der Waals surface area contributed by atoms with Crippen LogP contribution in [0.3, 0.4) is 0 Å². The summed E-state index contributed by atoms with van der Waals surface area (Å²) in [7, 11) is 0. The number of benzene rings is 1. The molecule has 0 fully saturated rings. The fourth-order valence-corrected chi connectivity index (χ4v) is 1.75. The lowest BCUT2D eigenvalue weighted by molar-refractivity contribution is 0.615. The van der Waals surface area contributed by atoms with Gasteiger partial charge in [-0.05, 0) is 43.7 Å². The van der Waals surface area contributed by atoms with Crippen molar-refractivity contribution < 1.29 is 4.39 Å². The number of nitrogens with zero attached hydrogens (tertiary/aromatic N) is 3. The molecule has 0 amide bonds. The Kier molecular flexibility index (Phi) is 4.04. The Morgan fingerprint density at radius 2 is 2.22 bits per heavy atom. The van der Waals surface area contributed by atoms with E-state index in [1.807, 2.05) is 0 Å². The average molecular weight is 248 g/mol. The van der Waals surface area contributed by atoms with Crippen molar-refractivity contribution in [2.24, 2.45) is 0 Å². The third kappa shape index (κ3) is 2.73. The number of hydrogen-bond donors (Lipinski definition) is 1. The van der Waals surface area contributed by atoms with Gasteiger partial charge >= 0.3 is 0 Å². The third-order valence-electron chi connectivity index (χ3n) is 2.74. The Bertz CT molecular complexity index is 521. The number of hydrogen-bond acceptors (Lipinski definition) is 3. The minimum absolute atomic E-state index is 0.204. The first kappa shape index (κ1) is 12.7. The topological polar surface area (TPSA) is 42.7 Å². The average Bonchev–Trinajstić information content (AvgIpc) is 2.81. The van der Waals surface area contributed by atoms with Crippen molar-refractivity contribution in [1.29, 1.82) is 0 Å². The van der Waals surface area contributed by atoms with Gasteiger partial charge in [0.05, 0.1) is 17.6 Å². The van der Waals surface area contributed by atoms with Gasteiger partial charge in [0.15, 0.2) is 0 Å². The SMILES string of the molecule is CCCNCc1cnnn1-c1ccc(F)c(C)c1. The van der Waals surface area contributed by atoms with Crippen molar-refractivity contribution in [3.05, 3.63) is 41.5 Å². The van der Waals surface area contributed by atoms with Gasteiger partial charge in [0.1, 0.15) is 5.82 Å². The van der Waals surface area contributed by atoms with Crippen molar-refractivity contribution in [2.45, 2.75) is 26.8 Å². The monoisotopic (exact) mass is 248 g/mol. The highest BCUT2D eigenvalue weighted by atomic mass is 19.1. The van der Waals surface area contributed by atoms with Gasteiger partial charge in [-0.25, -0.2) is 9.07 Å². The maximum Gasteiger partial charge on any atom is 0.126 e. The molecule has 0 atom stereocenters. The van der Waals surface area contributed by atoms with Crippen LogP contribution in [0.2, 0.25) is 0 Å². The number of halogens is 1. The van der Waals surface area contributed by atoms with Crippen LogP contribution in [0.5, 0.6) is 0 Å². The minimum Gasteiger partial charge on any atom is -0.311 e. The molecule has 1 N–H and O–H groups in total. The molecule has 96 valence electrons. The molecule has 0 aliphatic heterocycles. The fraction of sp³-hybridized carbons (Fsp3) is 0.385. The van der Waals surface area contributed by atoms with E-state index in [1.54, 1.807) is 29.9 Å². The van der Waals surface area contributed by atoms with Crippen molar-refractivity contribution in [3.8, 4) is 5.69 Å². The van der Waals surface area contributed by atoms with Gasteiger partial charge in [0.25, 0.3) is 0 Å². The van der Waals surface area contributed by atoms with Crippen LogP contribution >= 0.6 is 0 Å². The number of rotatable bonds is 5. The summed E-state index contributed by atoms with van der Waals surface area (Å²) in [6, 6.07) is 4.93. The van der Waals surface area contributed by atoms with E-state index in [2.05, 4.69) is 22.6 Å². The van der Waals surface area contributed by atoms with Crippen LogP contribution in [0.15, 0.2) is 24.4 Å². The standard InChI is InChI=1S/C13H17FN4/c1-3-6-15-8-12-9-16-17-18(12)11-4-5-13(14)10(2)7-11/h4-5,7,9,15H,3,6,8H2,1-2H3. The van der Waals surface area contributed by atoms with Gasteiger partial charge in [-0.15, -0.1) is 5.10 Å². The van der Waals surface area contributed by atoms with Crippen LogP contribution in [-0.4, -0.2) is 21.5 Å². The molecule has 4 nitrogen and oxygen atoms in total. The van der Waals surface area contributed by atoms with Crippen LogP contribution in [-0.2, 0) is 6.54 Å². The molecule has 0 radical (unpaired) electrons. The number of aryl methyl sites for hydroxylation is 1.